The minimum Gasteiger partial charge on any atom is -0.545 e. The van der Waals surface area contributed by atoms with Crippen LogP contribution in [0.15, 0.2) is 24.3 Å². The summed E-state index contributed by atoms with van der Waals surface area (Å²) in [7, 11) is 0. The molecule has 68 valence electrons. The number of carbonyl (C=O) groups is 2. The maximum Gasteiger partial charge on any atom is 1.00 e. The molecule has 0 spiro atoms. The predicted molar refractivity (Wildman–Crippen MR) is 39.6 cm³/mol. The zero-order chi connectivity index (χ0) is 10.3. The molecular weight excluding hydrogens is 238 g/mol. The SMILES string of the molecule is C=C(C)C(=O)[O-].C=C(C)C(=O)[O-].[K+].[K+]. The summed E-state index contributed by atoms with van der Waals surface area (Å²) in [5, 5.41) is 19.0. The maximum atomic E-state index is 9.49. The van der Waals surface area contributed by atoms with Crippen molar-refractivity contribution in [3.8, 4) is 0 Å². The van der Waals surface area contributed by atoms with Crippen molar-refractivity contribution in [2.45, 2.75) is 13.8 Å². The number of carbonyl (C=O) groups excluding carboxylic acids is 2. The van der Waals surface area contributed by atoms with E-state index in [2.05, 4.69) is 13.2 Å². The van der Waals surface area contributed by atoms with Gasteiger partial charge >= 0.3 is 103 Å². The molecule has 0 aliphatic heterocycles. The van der Waals surface area contributed by atoms with Gasteiger partial charge in [-0.1, -0.05) is 13.2 Å². The number of carboxylic acid groups (broad SMARTS) is 2. The Bertz CT molecular complexity index is 175. The fraction of sp³-hybridized carbons (Fsp3) is 0.250. The second-order valence-corrected chi connectivity index (χ2v) is 2.14. The Morgan fingerprint density at radius 3 is 0.929 bits per heavy atom. The molecule has 6 heteroatoms. The van der Waals surface area contributed by atoms with Crippen molar-refractivity contribution in [1.29, 1.82) is 0 Å². The minimum atomic E-state index is -1.19. The maximum absolute atomic E-state index is 9.49. The number of hydrogen-bond acceptors (Lipinski definition) is 4. The van der Waals surface area contributed by atoms with Gasteiger partial charge in [0.2, 0.25) is 0 Å². The second-order valence-electron chi connectivity index (χ2n) is 2.14. The quantitative estimate of drug-likeness (QED) is 0.359. The van der Waals surface area contributed by atoms with Gasteiger partial charge in [-0.15, -0.1) is 0 Å². The Hall–Kier alpha value is 1.69. The normalized spacial score (nSPS) is 6.43. The van der Waals surface area contributed by atoms with Crippen molar-refractivity contribution in [3.05, 3.63) is 24.3 Å². The number of carboxylic acids is 2. The average molecular weight is 248 g/mol. The third-order valence-electron chi connectivity index (χ3n) is 0.697. The molecule has 0 aromatic heterocycles. The second kappa shape index (κ2) is 14.7. The smallest absolute Gasteiger partial charge is 0.545 e. The van der Waals surface area contributed by atoms with E-state index in [1.807, 2.05) is 0 Å². The van der Waals surface area contributed by atoms with Gasteiger partial charge in [-0.2, -0.15) is 0 Å². The number of hydrogen-bond donors (Lipinski definition) is 0. The third kappa shape index (κ3) is 23.5. The van der Waals surface area contributed by atoms with Crippen molar-refractivity contribution >= 4 is 11.9 Å². The van der Waals surface area contributed by atoms with Crippen LogP contribution in [0.5, 0.6) is 0 Å². The van der Waals surface area contributed by atoms with Crippen molar-refractivity contribution in [2.24, 2.45) is 0 Å². The summed E-state index contributed by atoms with van der Waals surface area (Å²) in [6, 6.07) is 0. The average Bonchev–Trinajstić information content (AvgIpc) is 1.88. The molecule has 0 rings (SSSR count). The first kappa shape index (κ1) is 24.8. The van der Waals surface area contributed by atoms with Crippen LogP contribution >= 0.6 is 0 Å². The van der Waals surface area contributed by atoms with Gasteiger partial charge in [0, 0.05) is 0 Å². The van der Waals surface area contributed by atoms with Crippen molar-refractivity contribution in [1.82, 2.24) is 0 Å². The molecule has 0 N–H and O–H groups in total. The Labute approximate surface area is 169 Å². The molecule has 0 atom stereocenters. The molecule has 0 aromatic rings. The third-order valence-corrected chi connectivity index (χ3v) is 0.697. The molecule has 0 aliphatic carbocycles. The van der Waals surface area contributed by atoms with Gasteiger partial charge < -0.3 is 19.8 Å². The molecule has 0 saturated heterocycles. The van der Waals surface area contributed by atoms with E-state index in [0.717, 1.165) is 0 Å². The van der Waals surface area contributed by atoms with Crippen LogP contribution < -0.4 is 113 Å². The molecule has 0 heterocycles. The molecule has 0 unspecified atom stereocenters. The Balaban J connectivity index is -0.0000000625. The van der Waals surface area contributed by atoms with Gasteiger partial charge in [-0.05, 0) is 25.0 Å². The molecule has 0 aliphatic rings. The Morgan fingerprint density at radius 2 is 0.929 bits per heavy atom. The number of rotatable bonds is 2. The molecule has 4 nitrogen and oxygen atoms in total. The van der Waals surface area contributed by atoms with E-state index in [1.54, 1.807) is 0 Å². The molecular formula is C8H10K2O4. The molecule has 0 radical (unpaired) electrons. The van der Waals surface area contributed by atoms with Crippen molar-refractivity contribution in [3.63, 3.8) is 0 Å². The number of aliphatic carboxylic acids is 2. The monoisotopic (exact) mass is 248 g/mol. The Morgan fingerprint density at radius 1 is 0.857 bits per heavy atom. The first-order valence-electron chi connectivity index (χ1n) is 3.02. The topological polar surface area (TPSA) is 80.3 Å². The van der Waals surface area contributed by atoms with Crippen LogP contribution in [0.3, 0.4) is 0 Å². The minimum absolute atomic E-state index is 0. The van der Waals surface area contributed by atoms with Gasteiger partial charge in [0.15, 0.2) is 0 Å². The summed E-state index contributed by atoms with van der Waals surface area (Å²) in [5.41, 5.74) is 0.130. The van der Waals surface area contributed by atoms with Gasteiger partial charge in [0.1, 0.15) is 0 Å². The van der Waals surface area contributed by atoms with Crippen LogP contribution in [0.2, 0.25) is 0 Å². The molecule has 0 amide bonds. The zero-order valence-corrected chi connectivity index (χ0v) is 15.3. The van der Waals surface area contributed by atoms with E-state index in [1.165, 1.54) is 13.8 Å². The van der Waals surface area contributed by atoms with Crippen LogP contribution in [0, 0.1) is 0 Å². The largest absolute Gasteiger partial charge is 1.00 e. The van der Waals surface area contributed by atoms with Crippen LogP contribution in [0.25, 0.3) is 0 Å². The van der Waals surface area contributed by atoms with Gasteiger partial charge in [-0.25, -0.2) is 0 Å². The van der Waals surface area contributed by atoms with Crippen LogP contribution in [0.4, 0.5) is 0 Å². The zero-order valence-electron chi connectivity index (χ0n) is 9.05. The van der Waals surface area contributed by atoms with Crippen molar-refractivity contribution in [2.75, 3.05) is 0 Å². The predicted octanol–water partition coefficient (Wildman–Crippen LogP) is -7.37. The van der Waals surface area contributed by atoms with E-state index in [-0.39, 0.29) is 114 Å². The van der Waals surface area contributed by atoms with E-state index in [9.17, 15) is 19.8 Å². The molecule has 14 heavy (non-hydrogen) atoms. The summed E-state index contributed by atoms with van der Waals surface area (Å²) in [6.45, 7) is 8.95. The van der Waals surface area contributed by atoms with E-state index in [4.69, 9.17) is 0 Å². The molecule has 0 fully saturated rings. The fourth-order valence-corrected chi connectivity index (χ4v) is 0. The van der Waals surface area contributed by atoms with Gasteiger partial charge in [0.05, 0.1) is 11.9 Å². The first-order valence-corrected chi connectivity index (χ1v) is 3.02. The first-order chi connectivity index (χ1) is 5.29. The molecule has 0 aromatic carbocycles. The summed E-state index contributed by atoms with van der Waals surface area (Å²) in [4.78, 5) is 19.0. The standard InChI is InChI=1S/2C4H6O2.2K/c2*1-3(2)4(5)6;;/h2*1H2,2H3,(H,5,6);;/q;;2*+1/p-2. The Kier molecular flexibility index (Phi) is 26.0. The van der Waals surface area contributed by atoms with E-state index >= 15 is 0 Å². The summed E-state index contributed by atoms with van der Waals surface area (Å²) < 4.78 is 0. The molecule has 0 saturated carbocycles. The van der Waals surface area contributed by atoms with Crippen LogP contribution in [0.1, 0.15) is 13.8 Å². The summed E-state index contributed by atoms with van der Waals surface area (Å²) in [5.74, 6) is -2.37. The van der Waals surface area contributed by atoms with Gasteiger partial charge in [-0.3, -0.25) is 0 Å². The van der Waals surface area contributed by atoms with Crippen LogP contribution in [-0.4, -0.2) is 11.9 Å². The van der Waals surface area contributed by atoms with E-state index in [0.29, 0.717) is 0 Å². The van der Waals surface area contributed by atoms with Crippen molar-refractivity contribution < 1.29 is 123 Å². The fourth-order valence-electron chi connectivity index (χ4n) is 0. The molecule has 0 bridgehead atoms. The summed E-state index contributed by atoms with van der Waals surface area (Å²) in [6.07, 6.45) is 0. The van der Waals surface area contributed by atoms with Gasteiger partial charge in [0.25, 0.3) is 0 Å². The van der Waals surface area contributed by atoms with E-state index < -0.39 is 11.9 Å². The summed E-state index contributed by atoms with van der Waals surface area (Å²) >= 11 is 0. The van der Waals surface area contributed by atoms with Crippen LogP contribution in [-0.2, 0) is 9.59 Å².